The maximum atomic E-state index is 12.0. The highest BCUT2D eigenvalue weighted by Gasteiger charge is 2.03. The number of ether oxygens (including phenoxy) is 1. The van der Waals surface area contributed by atoms with Crippen LogP contribution in [0.2, 0.25) is 0 Å². The maximum absolute atomic E-state index is 12.0. The monoisotopic (exact) mass is 619 g/mol. The third-order valence-electron chi connectivity index (χ3n) is 9.40. The lowest BCUT2D eigenvalue weighted by Crippen LogP contribution is -2.05. The molecular formula is C42H82O2. The first-order chi connectivity index (χ1) is 21.8. The molecule has 262 valence electrons. The van der Waals surface area contributed by atoms with Crippen molar-refractivity contribution >= 4 is 5.97 Å². The highest BCUT2D eigenvalue weighted by Crippen LogP contribution is 2.15. The van der Waals surface area contributed by atoms with E-state index in [-0.39, 0.29) is 5.97 Å². The Morgan fingerprint density at radius 2 is 0.636 bits per heavy atom. The summed E-state index contributed by atoms with van der Waals surface area (Å²) in [6.07, 6.45) is 53.0. The molecule has 0 N–H and O–H groups in total. The number of hydrogen-bond donors (Lipinski definition) is 0. The van der Waals surface area contributed by atoms with Crippen molar-refractivity contribution in [2.75, 3.05) is 6.61 Å². The molecule has 0 aliphatic carbocycles. The minimum atomic E-state index is 0.0275. The predicted molar refractivity (Wildman–Crippen MR) is 198 cm³/mol. The molecule has 0 amide bonds. The number of allylic oxidation sites excluding steroid dienone is 2. The van der Waals surface area contributed by atoms with Crippen LogP contribution in [0, 0.1) is 0 Å². The normalized spacial score (nSPS) is 11.6. The Morgan fingerprint density at radius 1 is 0.364 bits per heavy atom. The lowest BCUT2D eigenvalue weighted by Gasteiger charge is -2.06. The van der Waals surface area contributed by atoms with Crippen molar-refractivity contribution in [2.24, 2.45) is 0 Å². The molecule has 0 unspecified atom stereocenters. The van der Waals surface area contributed by atoms with E-state index in [0.29, 0.717) is 13.0 Å². The molecule has 0 aliphatic rings. The molecule has 2 nitrogen and oxygen atoms in total. The number of hydrogen-bond acceptors (Lipinski definition) is 2. The van der Waals surface area contributed by atoms with Gasteiger partial charge in [0.05, 0.1) is 6.61 Å². The molecule has 0 radical (unpaired) electrons. The third-order valence-corrected chi connectivity index (χ3v) is 9.40. The topological polar surface area (TPSA) is 26.3 Å². The average Bonchev–Trinajstić information content (AvgIpc) is 3.03. The summed E-state index contributed by atoms with van der Waals surface area (Å²) < 4.78 is 5.46. The van der Waals surface area contributed by atoms with Gasteiger partial charge in [0.1, 0.15) is 0 Å². The van der Waals surface area contributed by atoms with Crippen LogP contribution in [0.15, 0.2) is 12.2 Å². The van der Waals surface area contributed by atoms with E-state index < -0.39 is 0 Å². The van der Waals surface area contributed by atoms with Crippen LogP contribution in [0.5, 0.6) is 0 Å². The van der Waals surface area contributed by atoms with Gasteiger partial charge in [-0.05, 0) is 38.5 Å². The van der Waals surface area contributed by atoms with Crippen molar-refractivity contribution < 1.29 is 9.53 Å². The summed E-state index contributed by atoms with van der Waals surface area (Å²) in [5.41, 5.74) is 0. The lowest BCUT2D eigenvalue weighted by molar-refractivity contribution is -0.143. The third kappa shape index (κ3) is 39.2. The fourth-order valence-corrected chi connectivity index (χ4v) is 6.31. The maximum Gasteiger partial charge on any atom is 0.305 e. The van der Waals surface area contributed by atoms with Crippen molar-refractivity contribution in [3.8, 4) is 0 Å². The Morgan fingerprint density at radius 3 is 0.977 bits per heavy atom. The molecule has 2 heteroatoms. The van der Waals surface area contributed by atoms with E-state index in [0.717, 1.165) is 12.8 Å². The van der Waals surface area contributed by atoms with Gasteiger partial charge in [-0.1, -0.05) is 212 Å². The smallest absolute Gasteiger partial charge is 0.305 e. The van der Waals surface area contributed by atoms with Gasteiger partial charge in [-0.2, -0.15) is 0 Å². The quantitative estimate of drug-likeness (QED) is 0.0391. The first-order valence-corrected chi connectivity index (χ1v) is 20.6. The van der Waals surface area contributed by atoms with Gasteiger partial charge in [0.15, 0.2) is 0 Å². The van der Waals surface area contributed by atoms with Gasteiger partial charge >= 0.3 is 5.97 Å². The minimum Gasteiger partial charge on any atom is -0.466 e. The molecule has 0 aromatic rings. The van der Waals surface area contributed by atoms with Gasteiger partial charge in [0.25, 0.3) is 0 Å². The Labute approximate surface area is 278 Å². The SMILES string of the molecule is CCCCCCCC/C=C\CCCCCCCCCCCCCCOC(=O)CCCCCCCCCCCCCCCCC. The molecule has 0 fully saturated rings. The van der Waals surface area contributed by atoms with Crippen LogP contribution in [0.3, 0.4) is 0 Å². The van der Waals surface area contributed by atoms with Gasteiger partial charge in [-0.3, -0.25) is 4.79 Å². The van der Waals surface area contributed by atoms with Crippen molar-refractivity contribution in [3.05, 3.63) is 12.2 Å². The highest BCUT2D eigenvalue weighted by atomic mass is 16.5. The van der Waals surface area contributed by atoms with Crippen molar-refractivity contribution in [3.63, 3.8) is 0 Å². The van der Waals surface area contributed by atoms with Gasteiger partial charge in [0, 0.05) is 6.42 Å². The number of unbranched alkanes of at least 4 members (excludes halogenated alkanes) is 32. The summed E-state index contributed by atoms with van der Waals surface area (Å²) in [5, 5.41) is 0. The number of rotatable bonds is 38. The van der Waals surface area contributed by atoms with Crippen LogP contribution in [0.25, 0.3) is 0 Å². The van der Waals surface area contributed by atoms with E-state index in [1.54, 1.807) is 0 Å². The summed E-state index contributed by atoms with van der Waals surface area (Å²) in [6.45, 7) is 5.21. The fraction of sp³-hybridized carbons (Fsp3) is 0.929. The Bertz CT molecular complexity index is 554. The molecule has 0 aromatic carbocycles. The molecule has 0 spiro atoms. The molecule has 0 bridgehead atoms. The lowest BCUT2D eigenvalue weighted by atomic mass is 10.0. The number of carbonyl (C=O) groups excluding carboxylic acids is 1. The summed E-state index contributed by atoms with van der Waals surface area (Å²) in [7, 11) is 0. The molecule has 0 saturated heterocycles. The standard InChI is InChI=1S/C42H82O2/c1-3-5-7-9-11-13-15-17-19-20-21-22-23-24-25-27-29-31-33-35-37-39-41-44-42(43)40-38-36-34-32-30-28-26-18-16-14-12-10-8-6-4-2/h17,19H,3-16,18,20-41H2,1-2H3/b19-17-. The average molecular weight is 619 g/mol. The van der Waals surface area contributed by atoms with Gasteiger partial charge in [-0.25, -0.2) is 0 Å². The van der Waals surface area contributed by atoms with Crippen LogP contribution in [-0.4, -0.2) is 12.6 Å². The predicted octanol–water partition coefficient (Wildman–Crippen LogP) is 15.2. The fourth-order valence-electron chi connectivity index (χ4n) is 6.31. The summed E-state index contributed by atoms with van der Waals surface area (Å²) in [4.78, 5) is 12.0. The van der Waals surface area contributed by atoms with Gasteiger partial charge < -0.3 is 4.74 Å². The summed E-state index contributed by atoms with van der Waals surface area (Å²) in [6, 6.07) is 0. The highest BCUT2D eigenvalue weighted by molar-refractivity contribution is 5.69. The molecule has 44 heavy (non-hydrogen) atoms. The molecule has 0 saturated carbocycles. The van der Waals surface area contributed by atoms with E-state index in [2.05, 4.69) is 26.0 Å². The second-order valence-corrected chi connectivity index (χ2v) is 14.0. The van der Waals surface area contributed by atoms with E-state index in [4.69, 9.17) is 4.74 Å². The second kappa shape index (κ2) is 40.2. The minimum absolute atomic E-state index is 0.0275. The Balaban J connectivity index is 3.17. The largest absolute Gasteiger partial charge is 0.466 e. The Kier molecular flexibility index (Phi) is 39.5. The van der Waals surface area contributed by atoms with Crippen LogP contribution >= 0.6 is 0 Å². The van der Waals surface area contributed by atoms with E-state index in [1.165, 1.54) is 212 Å². The van der Waals surface area contributed by atoms with E-state index in [9.17, 15) is 4.79 Å². The zero-order valence-electron chi connectivity index (χ0n) is 30.6. The number of esters is 1. The van der Waals surface area contributed by atoms with Crippen LogP contribution < -0.4 is 0 Å². The summed E-state index contributed by atoms with van der Waals surface area (Å²) >= 11 is 0. The van der Waals surface area contributed by atoms with E-state index in [1.807, 2.05) is 0 Å². The zero-order chi connectivity index (χ0) is 31.9. The Hall–Kier alpha value is -0.790. The van der Waals surface area contributed by atoms with Crippen LogP contribution in [-0.2, 0) is 9.53 Å². The first kappa shape index (κ1) is 43.2. The van der Waals surface area contributed by atoms with Crippen LogP contribution in [0.1, 0.15) is 245 Å². The van der Waals surface area contributed by atoms with E-state index >= 15 is 0 Å². The first-order valence-electron chi connectivity index (χ1n) is 20.6. The molecule has 0 aliphatic heterocycles. The van der Waals surface area contributed by atoms with Crippen molar-refractivity contribution in [1.82, 2.24) is 0 Å². The molecule has 0 aromatic heterocycles. The zero-order valence-corrected chi connectivity index (χ0v) is 30.6. The van der Waals surface area contributed by atoms with Crippen molar-refractivity contribution in [2.45, 2.75) is 245 Å². The second-order valence-electron chi connectivity index (χ2n) is 14.0. The molecule has 0 heterocycles. The van der Waals surface area contributed by atoms with Crippen LogP contribution in [0.4, 0.5) is 0 Å². The molecule has 0 rings (SSSR count). The summed E-state index contributed by atoms with van der Waals surface area (Å²) in [5.74, 6) is 0.0275. The molecular weight excluding hydrogens is 536 g/mol. The molecule has 0 atom stereocenters. The number of carbonyl (C=O) groups is 1. The van der Waals surface area contributed by atoms with Gasteiger partial charge in [0.2, 0.25) is 0 Å². The van der Waals surface area contributed by atoms with Crippen molar-refractivity contribution in [1.29, 1.82) is 0 Å². The van der Waals surface area contributed by atoms with Gasteiger partial charge in [-0.15, -0.1) is 0 Å².